The zero-order valence-corrected chi connectivity index (χ0v) is 13.5. The van der Waals surface area contributed by atoms with E-state index in [0.29, 0.717) is 0 Å². The maximum atomic E-state index is 11.3. The topological polar surface area (TPSA) is 118 Å². The average molecular weight is 334 g/mol. The number of aliphatic hydroxyl groups excluding tert-OH is 1. The molecule has 0 radical (unpaired) electrons. The van der Waals surface area contributed by atoms with E-state index in [1.807, 2.05) is 0 Å². The molecule has 1 N–H and O–H groups in total. The van der Waals surface area contributed by atoms with Crippen molar-refractivity contribution in [3.8, 4) is 0 Å². The molecule has 1 saturated heterocycles. The van der Waals surface area contributed by atoms with Gasteiger partial charge < -0.3 is 28.8 Å². The molecule has 132 valence electrons. The zero-order chi connectivity index (χ0) is 17.6. The maximum Gasteiger partial charge on any atom is 0.303 e. The minimum Gasteiger partial charge on any atom is -0.463 e. The predicted octanol–water partition coefficient (Wildman–Crippen LogP) is -0.465. The number of rotatable bonds is 6. The quantitative estimate of drug-likeness (QED) is 0.508. The van der Waals surface area contributed by atoms with E-state index >= 15 is 0 Å². The molecule has 23 heavy (non-hydrogen) atoms. The van der Waals surface area contributed by atoms with E-state index in [2.05, 4.69) is 0 Å². The van der Waals surface area contributed by atoms with E-state index in [4.69, 9.17) is 23.7 Å². The summed E-state index contributed by atoms with van der Waals surface area (Å²) in [6.07, 6.45) is -5.66. The first-order valence-electron chi connectivity index (χ1n) is 7.19. The Labute approximate surface area is 133 Å². The largest absolute Gasteiger partial charge is 0.463 e. The van der Waals surface area contributed by atoms with Crippen LogP contribution in [0.2, 0.25) is 0 Å². The minimum atomic E-state index is -1.56. The summed E-state index contributed by atoms with van der Waals surface area (Å²) >= 11 is 0. The molecule has 0 saturated carbocycles. The standard InChI is InChI=1S/C14H22O9/c1-5-19-11-10(6-20-7(2)15)23-14(18)13(22-9(4)17)12(11)21-8(3)16/h10-14,18H,5-6H2,1-4H3/t10-,11+,12+,13-,14+/m1/s1. The molecule has 1 aliphatic rings. The van der Waals surface area contributed by atoms with Crippen molar-refractivity contribution in [2.24, 2.45) is 0 Å². The number of hydrogen-bond acceptors (Lipinski definition) is 9. The number of carbonyl (C=O) groups excluding carboxylic acids is 3. The molecule has 1 fully saturated rings. The lowest BCUT2D eigenvalue weighted by Gasteiger charge is -2.43. The molecule has 0 unspecified atom stereocenters. The summed E-state index contributed by atoms with van der Waals surface area (Å²) in [5.41, 5.74) is 0. The second kappa shape index (κ2) is 8.80. The molecule has 5 atom stereocenters. The van der Waals surface area contributed by atoms with Crippen molar-refractivity contribution in [1.82, 2.24) is 0 Å². The Morgan fingerprint density at radius 3 is 2.00 bits per heavy atom. The van der Waals surface area contributed by atoms with Gasteiger partial charge >= 0.3 is 17.9 Å². The Bertz CT molecular complexity index is 436. The molecule has 0 amide bonds. The second-order valence-electron chi connectivity index (χ2n) is 4.94. The monoisotopic (exact) mass is 334 g/mol. The zero-order valence-electron chi connectivity index (χ0n) is 13.5. The summed E-state index contributed by atoms with van der Waals surface area (Å²) in [5.74, 6) is -1.86. The molecular formula is C14H22O9. The van der Waals surface area contributed by atoms with Gasteiger partial charge in [-0.2, -0.15) is 0 Å². The summed E-state index contributed by atoms with van der Waals surface area (Å²) in [7, 11) is 0. The summed E-state index contributed by atoms with van der Waals surface area (Å²) < 4.78 is 25.8. The van der Waals surface area contributed by atoms with Crippen LogP contribution >= 0.6 is 0 Å². The van der Waals surface area contributed by atoms with Crippen LogP contribution in [-0.4, -0.2) is 66.9 Å². The third-order valence-corrected chi connectivity index (χ3v) is 3.02. The lowest BCUT2D eigenvalue weighted by atomic mass is 9.98. The van der Waals surface area contributed by atoms with Crippen LogP contribution in [0.25, 0.3) is 0 Å². The van der Waals surface area contributed by atoms with E-state index in [1.54, 1.807) is 6.92 Å². The van der Waals surface area contributed by atoms with Crippen molar-refractivity contribution in [3.63, 3.8) is 0 Å². The van der Waals surface area contributed by atoms with E-state index in [0.717, 1.165) is 6.92 Å². The summed E-state index contributed by atoms with van der Waals surface area (Å²) in [6.45, 7) is 5.29. The number of aliphatic hydroxyl groups is 1. The summed E-state index contributed by atoms with van der Waals surface area (Å²) in [5, 5.41) is 10.0. The molecule has 0 bridgehead atoms. The first kappa shape index (κ1) is 19.3. The molecule has 0 aromatic rings. The molecule has 0 aliphatic carbocycles. The minimum absolute atomic E-state index is 0.207. The summed E-state index contributed by atoms with van der Waals surface area (Å²) in [4.78, 5) is 33.5. The van der Waals surface area contributed by atoms with Crippen LogP contribution in [0.5, 0.6) is 0 Å². The molecule has 0 aromatic carbocycles. The Kier molecular flexibility index (Phi) is 7.40. The van der Waals surface area contributed by atoms with Crippen molar-refractivity contribution in [1.29, 1.82) is 0 Å². The molecule has 9 heteroatoms. The van der Waals surface area contributed by atoms with Gasteiger partial charge in [-0.25, -0.2) is 0 Å². The fourth-order valence-electron chi connectivity index (χ4n) is 2.27. The van der Waals surface area contributed by atoms with Gasteiger partial charge in [-0.3, -0.25) is 14.4 Å². The first-order chi connectivity index (χ1) is 10.8. The smallest absolute Gasteiger partial charge is 0.303 e. The van der Waals surface area contributed by atoms with E-state index in [1.165, 1.54) is 13.8 Å². The van der Waals surface area contributed by atoms with Gasteiger partial charge in [0.25, 0.3) is 0 Å². The van der Waals surface area contributed by atoms with Crippen molar-refractivity contribution in [3.05, 3.63) is 0 Å². The van der Waals surface area contributed by atoms with Gasteiger partial charge in [0.2, 0.25) is 0 Å². The summed E-state index contributed by atoms with van der Waals surface area (Å²) in [6, 6.07) is 0. The second-order valence-corrected chi connectivity index (χ2v) is 4.94. The van der Waals surface area contributed by atoms with Crippen molar-refractivity contribution in [2.75, 3.05) is 13.2 Å². The van der Waals surface area contributed by atoms with Crippen LogP contribution in [0, 0.1) is 0 Å². The van der Waals surface area contributed by atoms with Gasteiger partial charge in [0.1, 0.15) is 18.8 Å². The molecule has 0 aromatic heterocycles. The number of esters is 3. The third-order valence-electron chi connectivity index (χ3n) is 3.02. The Hall–Kier alpha value is -1.71. The predicted molar refractivity (Wildman–Crippen MR) is 74.0 cm³/mol. The maximum absolute atomic E-state index is 11.3. The Balaban J connectivity index is 3.02. The highest BCUT2D eigenvalue weighted by molar-refractivity contribution is 5.67. The lowest BCUT2D eigenvalue weighted by molar-refractivity contribution is -0.299. The fourth-order valence-corrected chi connectivity index (χ4v) is 2.27. The number of hydrogen-bond donors (Lipinski definition) is 1. The fraction of sp³-hybridized carbons (Fsp3) is 0.786. The normalized spacial score (nSPS) is 30.4. The lowest BCUT2D eigenvalue weighted by Crippen LogP contribution is -2.62. The first-order valence-corrected chi connectivity index (χ1v) is 7.19. The highest BCUT2D eigenvalue weighted by Crippen LogP contribution is 2.27. The SMILES string of the molecule is CCO[C@@H]1[C@H](OC(C)=O)[C@@H](OC(C)=O)[C@@H](O)O[C@@H]1COC(C)=O. The number of carbonyl (C=O) groups is 3. The van der Waals surface area contributed by atoms with Crippen molar-refractivity contribution >= 4 is 17.9 Å². The van der Waals surface area contributed by atoms with Crippen LogP contribution in [-0.2, 0) is 38.1 Å². The van der Waals surface area contributed by atoms with Gasteiger partial charge in [0.15, 0.2) is 18.5 Å². The molecule has 1 heterocycles. The van der Waals surface area contributed by atoms with Gasteiger partial charge in [0, 0.05) is 27.4 Å². The molecule has 1 aliphatic heterocycles. The van der Waals surface area contributed by atoms with Crippen LogP contribution in [0.4, 0.5) is 0 Å². The van der Waals surface area contributed by atoms with Gasteiger partial charge in [-0.05, 0) is 6.92 Å². The molecule has 9 nitrogen and oxygen atoms in total. The van der Waals surface area contributed by atoms with Crippen LogP contribution < -0.4 is 0 Å². The molecule has 1 rings (SSSR count). The highest BCUT2D eigenvalue weighted by atomic mass is 16.7. The Morgan fingerprint density at radius 1 is 0.957 bits per heavy atom. The molecular weight excluding hydrogens is 312 g/mol. The van der Waals surface area contributed by atoms with E-state index in [9.17, 15) is 19.5 Å². The van der Waals surface area contributed by atoms with Crippen LogP contribution in [0.3, 0.4) is 0 Å². The Morgan fingerprint density at radius 2 is 1.52 bits per heavy atom. The van der Waals surface area contributed by atoms with E-state index in [-0.39, 0.29) is 13.2 Å². The molecule has 0 spiro atoms. The van der Waals surface area contributed by atoms with Crippen LogP contribution in [0.15, 0.2) is 0 Å². The van der Waals surface area contributed by atoms with Crippen LogP contribution in [0.1, 0.15) is 27.7 Å². The third kappa shape index (κ3) is 5.77. The highest BCUT2D eigenvalue weighted by Gasteiger charge is 2.50. The van der Waals surface area contributed by atoms with Gasteiger partial charge in [-0.1, -0.05) is 0 Å². The average Bonchev–Trinajstić information content (AvgIpc) is 2.43. The van der Waals surface area contributed by atoms with Crippen molar-refractivity contribution < 1.29 is 43.2 Å². The van der Waals surface area contributed by atoms with Crippen molar-refractivity contribution in [2.45, 2.75) is 58.4 Å². The van der Waals surface area contributed by atoms with E-state index < -0.39 is 48.6 Å². The van der Waals surface area contributed by atoms with Gasteiger partial charge in [0.05, 0.1) is 0 Å². The number of ether oxygens (including phenoxy) is 5. The van der Waals surface area contributed by atoms with Gasteiger partial charge in [-0.15, -0.1) is 0 Å².